The van der Waals surface area contributed by atoms with E-state index in [9.17, 15) is 9.18 Å². The van der Waals surface area contributed by atoms with Crippen molar-refractivity contribution >= 4 is 21.8 Å². The first-order valence-corrected chi connectivity index (χ1v) is 6.76. The minimum Gasteiger partial charge on any atom is -0.484 e. The second kappa shape index (κ2) is 7.04. The van der Waals surface area contributed by atoms with Crippen molar-refractivity contribution in [3.05, 3.63) is 46.9 Å². The Morgan fingerprint density at radius 1 is 1.40 bits per heavy atom. The number of amides is 1. The molecule has 1 aromatic heterocycles. The first-order valence-electron chi connectivity index (χ1n) is 5.96. The van der Waals surface area contributed by atoms with Crippen molar-refractivity contribution in [1.29, 1.82) is 0 Å². The van der Waals surface area contributed by atoms with E-state index < -0.39 is 0 Å². The summed E-state index contributed by atoms with van der Waals surface area (Å²) in [6.07, 6.45) is 3.50. The van der Waals surface area contributed by atoms with Crippen molar-refractivity contribution in [1.82, 2.24) is 15.1 Å². The molecule has 0 bridgehead atoms. The molecule has 1 N–H and O–H groups in total. The van der Waals surface area contributed by atoms with Gasteiger partial charge in [-0.1, -0.05) is 0 Å². The first kappa shape index (κ1) is 14.5. The quantitative estimate of drug-likeness (QED) is 0.874. The van der Waals surface area contributed by atoms with Crippen molar-refractivity contribution in [2.45, 2.75) is 6.54 Å². The van der Waals surface area contributed by atoms with Crippen LogP contribution in [-0.4, -0.2) is 28.8 Å². The highest BCUT2D eigenvalue weighted by molar-refractivity contribution is 9.10. The van der Waals surface area contributed by atoms with E-state index in [-0.39, 0.29) is 18.3 Å². The van der Waals surface area contributed by atoms with E-state index in [1.165, 1.54) is 24.3 Å². The summed E-state index contributed by atoms with van der Waals surface area (Å²) in [6, 6.07) is 5.51. The number of nitrogens with one attached hydrogen (secondary N) is 1. The lowest BCUT2D eigenvalue weighted by molar-refractivity contribution is -0.123. The van der Waals surface area contributed by atoms with Crippen LogP contribution in [0.4, 0.5) is 4.39 Å². The minimum absolute atomic E-state index is 0.103. The van der Waals surface area contributed by atoms with E-state index in [2.05, 4.69) is 26.3 Å². The van der Waals surface area contributed by atoms with Crippen LogP contribution in [0.3, 0.4) is 0 Å². The van der Waals surface area contributed by atoms with Crippen LogP contribution in [0, 0.1) is 5.82 Å². The number of ether oxygens (including phenoxy) is 1. The molecule has 0 aliphatic rings. The second-order valence-corrected chi connectivity index (χ2v) is 4.93. The van der Waals surface area contributed by atoms with Crippen LogP contribution in [0.25, 0.3) is 0 Å². The number of nitrogens with zero attached hydrogens (tertiary/aromatic N) is 2. The van der Waals surface area contributed by atoms with Crippen molar-refractivity contribution in [2.75, 3.05) is 13.2 Å². The standard InChI is InChI=1S/C13H13BrFN3O2/c14-10-7-17-18(8-10)6-5-16-13(19)9-20-12-3-1-11(15)2-4-12/h1-4,7-8H,5-6,9H2,(H,16,19). The summed E-state index contributed by atoms with van der Waals surface area (Å²) in [5, 5.41) is 6.77. The number of rotatable bonds is 6. The summed E-state index contributed by atoms with van der Waals surface area (Å²) < 4.78 is 20.5. The van der Waals surface area contributed by atoms with Gasteiger partial charge in [-0.2, -0.15) is 5.10 Å². The minimum atomic E-state index is -0.341. The predicted molar refractivity (Wildman–Crippen MR) is 74.8 cm³/mol. The van der Waals surface area contributed by atoms with Gasteiger partial charge in [0.05, 0.1) is 17.2 Å². The van der Waals surface area contributed by atoms with E-state index in [0.29, 0.717) is 18.8 Å². The third-order valence-electron chi connectivity index (χ3n) is 2.45. The van der Waals surface area contributed by atoms with E-state index in [1.807, 2.05) is 6.20 Å². The Bertz CT molecular complexity index is 571. The summed E-state index contributed by atoms with van der Waals surface area (Å²) in [6.45, 7) is 0.933. The third kappa shape index (κ3) is 4.65. The highest BCUT2D eigenvalue weighted by Crippen LogP contribution is 2.10. The van der Waals surface area contributed by atoms with E-state index in [0.717, 1.165) is 4.47 Å². The molecule has 0 aliphatic heterocycles. The fourth-order valence-corrected chi connectivity index (χ4v) is 1.83. The monoisotopic (exact) mass is 341 g/mol. The van der Waals surface area contributed by atoms with E-state index >= 15 is 0 Å². The Balaban J connectivity index is 1.66. The Labute approximate surface area is 123 Å². The van der Waals surface area contributed by atoms with Crippen molar-refractivity contribution in [3.63, 3.8) is 0 Å². The molecule has 20 heavy (non-hydrogen) atoms. The molecule has 0 atom stereocenters. The van der Waals surface area contributed by atoms with Gasteiger partial charge in [-0.15, -0.1) is 0 Å². The fourth-order valence-electron chi connectivity index (χ4n) is 1.50. The third-order valence-corrected chi connectivity index (χ3v) is 2.86. The first-order chi connectivity index (χ1) is 9.63. The van der Waals surface area contributed by atoms with Crippen LogP contribution in [0.1, 0.15) is 0 Å². The van der Waals surface area contributed by atoms with Gasteiger partial charge in [-0.3, -0.25) is 9.48 Å². The molecule has 0 spiro atoms. The molecule has 0 aliphatic carbocycles. The van der Waals surface area contributed by atoms with Gasteiger partial charge in [0.1, 0.15) is 11.6 Å². The molecule has 106 valence electrons. The van der Waals surface area contributed by atoms with Gasteiger partial charge in [-0.05, 0) is 40.2 Å². The zero-order valence-electron chi connectivity index (χ0n) is 10.6. The molecular formula is C13H13BrFN3O2. The lowest BCUT2D eigenvalue weighted by Gasteiger charge is -2.07. The SMILES string of the molecule is O=C(COc1ccc(F)cc1)NCCn1cc(Br)cn1. The largest absolute Gasteiger partial charge is 0.484 e. The summed E-state index contributed by atoms with van der Waals surface area (Å²) in [7, 11) is 0. The van der Waals surface area contributed by atoms with Gasteiger partial charge in [0.2, 0.25) is 0 Å². The number of carbonyl (C=O) groups excluding carboxylic acids is 1. The molecule has 1 heterocycles. The zero-order chi connectivity index (χ0) is 14.4. The van der Waals surface area contributed by atoms with E-state index in [4.69, 9.17) is 4.74 Å². The predicted octanol–water partition coefficient (Wildman–Crippen LogP) is 1.98. The van der Waals surface area contributed by atoms with Crippen molar-refractivity contribution < 1.29 is 13.9 Å². The molecule has 2 aromatic rings. The number of aromatic nitrogens is 2. The number of hydrogen-bond acceptors (Lipinski definition) is 3. The fraction of sp³-hybridized carbons (Fsp3) is 0.231. The normalized spacial score (nSPS) is 10.3. The highest BCUT2D eigenvalue weighted by Gasteiger charge is 2.03. The number of benzene rings is 1. The van der Waals surface area contributed by atoms with Gasteiger partial charge < -0.3 is 10.1 Å². The average Bonchev–Trinajstić information content (AvgIpc) is 2.84. The van der Waals surface area contributed by atoms with Gasteiger partial charge in [0.15, 0.2) is 6.61 Å². The Morgan fingerprint density at radius 3 is 2.80 bits per heavy atom. The maximum atomic E-state index is 12.7. The van der Waals surface area contributed by atoms with Crippen LogP contribution in [-0.2, 0) is 11.3 Å². The van der Waals surface area contributed by atoms with Gasteiger partial charge >= 0.3 is 0 Å². The number of halogens is 2. The molecule has 0 radical (unpaired) electrons. The Morgan fingerprint density at radius 2 is 2.15 bits per heavy atom. The maximum Gasteiger partial charge on any atom is 0.258 e. The molecule has 2 rings (SSSR count). The Hall–Kier alpha value is -1.89. The topological polar surface area (TPSA) is 56.1 Å². The van der Waals surface area contributed by atoms with Crippen LogP contribution in [0.15, 0.2) is 41.1 Å². The van der Waals surface area contributed by atoms with Gasteiger partial charge in [0.25, 0.3) is 5.91 Å². The summed E-state index contributed by atoms with van der Waals surface area (Å²) in [5.41, 5.74) is 0. The van der Waals surface area contributed by atoms with Crippen molar-refractivity contribution in [3.8, 4) is 5.75 Å². The molecule has 0 saturated carbocycles. The van der Waals surface area contributed by atoms with Gasteiger partial charge in [0, 0.05) is 12.7 Å². The summed E-state index contributed by atoms with van der Waals surface area (Å²) in [5.74, 6) is -0.120. The Kier molecular flexibility index (Phi) is 5.11. The molecule has 0 saturated heterocycles. The molecule has 5 nitrogen and oxygen atoms in total. The zero-order valence-corrected chi connectivity index (χ0v) is 12.1. The lowest BCUT2D eigenvalue weighted by Crippen LogP contribution is -2.31. The van der Waals surface area contributed by atoms with Gasteiger partial charge in [-0.25, -0.2) is 4.39 Å². The maximum absolute atomic E-state index is 12.7. The molecule has 0 unspecified atom stereocenters. The van der Waals surface area contributed by atoms with Crippen molar-refractivity contribution in [2.24, 2.45) is 0 Å². The average molecular weight is 342 g/mol. The highest BCUT2D eigenvalue weighted by atomic mass is 79.9. The lowest BCUT2D eigenvalue weighted by atomic mass is 10.3. The summed E-state index contributed by atoms with van der Waals surface area (Å²) in [4.78, 5) is 11.5. The second-order valence-electron chi connectivity index (χ2n) is 4.01. The molecular weight excluding hydrogens is 329 g/mol. The van der Waals surface area contributed by atoms with Crippen LogP contribution < -0.4 is 10.1 Å². The molecule has 1 amide bonds. The van der Waals surface area contributed by atoms with Crippen LogP contribution in [0.5, 0.6) is 5.75 Å². The molecule has 0 fully saturated rings. The molecule has 1 aromatic carbocycles. The number of hydrogen-bond donors (Lipinski definition) is 1. The number of carbonyl (C=O) groups is 1. The summed E-state index contributed by atoms with van der Waals surface area (Å²) >= 11 is 3.29. The van der Waals surface area contributed by atoms with Crippen LogP contribution in [0.2, 0.25) is 0 Å². The van der Waals surface area contributed by atoms with Crippen LogP contribution >= 0.6 is 15.9 Å². The smallest absolute Gasteiger partial charge is 0.258 e. The van der Waals surface area contributed by atoms with E-state index in [1.54, 1.807) is 10.9 Å². The molecule has 7 heteroatoms.